The van der Waals surface area contributed by atoms with E-state index in [9.17, 15) is 13.2 Å². The van der Waals surface area contributed by atoms with Crippen molar-refractivity contribution in [2.75, 3.05) is 0 Å². The fourth-order valence-electron chi connectivity index (χ4n) is 0.488. The second-order valence-electron chi connectivity index (χ2n) is 1.64. The van der Waals surface area contributed by atoms with Crippen LogP contribution in [0.5, 0.6) is 0 Å². The summed E-state index contributed by atoms with van der Waals surface area (Å²) in [6.45, 7) is 0. The van der Waals surface area contributed by atoms with Gasteiger partial charge in [-0.1, -0.05) is 6.07 Å². The molecule has 1 nitrogen and oxygen atoms in total. The predicted octanol–water partition coefficient (Wildman–Crippen LogP) is 1.25. The van der Waals surface area contributed by atoms with Crippen molar-refractivity contribution in [2.45, 2.75) is 6.18 Å². The molecular formula is C6H4F3LiN. The van der Waals surface area contributed by atoms with Gasteiger partial charge < -0.3 is 0 Å². The van der Waals surface area contributed by atoms with Gasteiger partial charge in [-0.05, 0) is 6.07 Å². The van der Waals surface area contributed by atoms with E-state index in [-0.39, 0.29) is 18.9 Å². The molecule has 1 aromatic heterocycles. The Hall–Kier alpha value is -0.463. The molecule has 55 valence electrons. The minimum atomic E-state index is -4.34. The van der Waals surface area contributed by atoms with Gasteiger partial charge in [0.25, 0.3) is 0 Å². The van der Waals surface area contributed by atoms with Crippen LogP contribution in [-0.2, 0) is 6.18 Å². The van der Waals surface area contributed by atoms with Gasteiger partial charge in [-0.15, -0.1) is 0 Å². The first kappa shape index (κ1) is 10.5. The Morgan fingerprint density at radius 1 is 1.36 bits per heavy atom. The molecule has 0 N–H and O–H groups in total. The van der Waals surface area contributed by atoms with Crippen molar-refractivity contribution in [2.24, 2.45) is 0 Å². The van der Waals surface area contributed by atoms with Crippen LogP contribution < -0.4 is 0 Å². The normalized spacial score (nSPS) is 10.5. The van der Waals surface area contributed by atoms with Crippen LogP contribution in [0.2, 0.25) is 0 Å². The van der Waals surface area contributed by atoms with Crippen molar-refractivity contribution < 1.29 is 13.2 Å². The number of aromatic nitrogens is 1. The Balaban J connectivity index is 0.000001000. The van der Waals surface area contributed by atoms with Gasteiger partial charge in [0.2, 0.25) is 0 Å². The van der Waals surface area contributed by atoms with E-state index in [1.807, 2.05) is 0 Å². The van der Waals surface area contributed by atoms with Crippen molar-refractivity contribution >= 4 is 18.9 Å². The molecule has 1 radical (unpaired) electrons. The van der Waals surface area contributed by atoms with Gasteiger partial charge in [-0.25, -0.2) is 0 Å². The van der Waals surface area contributed by atoms with Crippen LogP contribution in [0.25, 0.3) is 0 Å². The van der Waals surface area contributed by atoms with E-state index in [2.05, 4.69) is 11.1 Å². The zero-order chi connectivity index (χ0) is 7.61. The molecule has 0 atom stereocenters. The summed E-state index contributed by atoms with van der Waals surface area (Å²) in [5.41, 5.74) is -0.883. The van der Waals surface area contributed by atoms with Gasteiger partial charge in [-0.3, -0.25) is 4.98 Å². The van der Waals surface area contributed by atoms with Crippen LogP contribution in [0.3, 0.4) is 0 Å². The molecule has 1 rings (SSSR count). The fraction of sp³-hybridized carbons (Fsp3) is 0.167. The Morgan fingerprint density at radius 2 is 2.00 bits per heavy atom. The molecule has 0 bridgehead atoms. The first-order chi connectivity index (χ1) is 4.61. The van der Waals surface area contributed by atoms with E-state index < -0.39 is 11.9 Å². The zero-order valence-corrected chi connectivity index (χ0v) is 4.81. The van der Waals surface area contributed by atoms with E-state index in [1.54, 1.807) is 0 Å². The topological polar surface area (TPSA) is 12.9 Å². The van der Waals surface area contributed by atoms with Crippen molar-refractivity contribution in [3.8, 4) is 0 Å². The molecule has 0 aliphatic rings. The number of halogens is 3. The Kier molecular flexibility index (Phi) is 3.63. The summed E-state index contributed by atoms with van der Waals surface area (Å²) in [4.78, 5) is 3.07. The third kappa shape index (κ3) is 2.96. The molecule has 0 spiro atoms. The van der Waals surface area contributed by atoms with Gasteiger partial charge in [0, 0.05) is 12.3 Å². The monoisotopic (exact) mass is 154 g/mol. The van der Waals surface area contributed by atoms with Gasteiger partial charge in [0.1, 0.15) is 5.69 Å². The number of nitrogens with zero attached hydrogens (tertiary/aromatic N) is 1. The third-order valence-corrected chi connectivity index (χ3v) is 0.906. The van der Waals surface area contributed by atoms with Gasteiger partial charge in [0.15, 0.2) is 0 Å². The third-order valence-electron chi connectivity index (χ3n) is 0.906. The van der Waals surface area contributed by atoms with E-state index in [1.165, 1.54) is 6.07 Å². The second-order valence-corrected chi connectivity index (χ2v) is 1.64. The molecule has 0 fully saturated rings. The minimum absolute atomic E-state index is 0. The number of hydrogen-bond donors (Lipinski definition) is 0. The van der Waals surface area contributed by atoms with Crippen molar-refractivity contribution in [3.05, 3.63) is 30.1 Å². The average molecular weight is 154 g/mol. The van der Waals surface area contributed by atoms with Crippen LogP contribution in [0.1, 0.15) is 5.69 Å². The number of pyridine rings is 1. The molecule has 0 aliphatic carbocycles. The maximum atomic E-state index is 11.7. The molecule has 0 amide bonds. The summed E-state index contributed by atoms with van der Waals surface area (Å²) in [5, 5.41) is 0. The molecule has 5 heteroatoms. The van der Waals surface area contributed by atoms with Crippen molar-refractivity contribution in [3.63, 3.8) is 0 Å². The molecule has 0 aromatic carbocycles. The number of hydrogen-bond acceptors (Lipinski definition) is 1. The van der Waals surface area contributed by atoms with Crippen LogP contribution in [0, 0.1) is 6.07 Å². The molecule has 11 heavy (non-hydrogen) atoms. The van der Waals surface area contributed by atoms with Crippen molar-refractivity contribution in [1.29, 1.82) is 0 Å². The van der Waals surface area contributed by atoms with Crippen LogP contribution >= 0.6 is 0 Å². The summed E-state index contributed by atoms with van der Waals surface area (Å²) in [7, 11) is 0. The van der Waals surface area contributed by atoms with Gasteiger partial charge >= 0.3 is 25.0 Å². The molecule has 0 saturated carbocycles. The summed E-state index contributed by atoms with van der Waals surface area (Å²) >= 11 is 0. The Labute approximate surface area is 73.8 Å². The van der Waals surface area contributed by atoms with Gasteiger partial charge in [0.05, 0.1) is 0 Å². The summed E-state index contributed by atoms with van der Waals surface area (Å²) in [6.07, 6.45) is -3.35. The van der Waals surface area contributed by atoms with E-state index in [0.29, 0.717) is 0 Å². The Bertz CT molecular complexity index is 209. The van der Waals surface area contributed by atoms with Crippen LogP contribution in [0.15, 0.2) is 18.3 Å². The Morgan fingerprint density at radius 3 is 2.27 bits per heavy atom. The molecule has 0 saturated heterocycles. The quantitative estimate of drug-likeness (QED) is 0.512. The molecule has 1 aromatic rings. The second kappa shape index (κ2) is 3.79. The van der Waals surface area contributed by atoms with Gasteiger partial charge in [-0.2, -0.15) is 13.2 Å². The molecule has 1 heterocycles. The van der Waals surface area contributed by atoms with E-state index in [4.69, 9.17) is 0 Å². The van der Waals surface area contributed by atoms with Crippen LogP contribution in [-0.4, -0.2) is 23.8 Å². The predicted molar refractivity (Wildman–Crippen MR) is 35.2 cm³/mol. The number of alkyl halides is 3. The average Bonchev–Trinajstić information content (AvgIpc) is 1.88. The summed E-state index contributed by atoms with van der Waals surface area (Å²) in [5.74, 6) is 0. The SMILES string of the molecule is FC(F)(F)c1cc[c]cn1.[LiH]. The van der Waals surface area contributed by atoms with Crippen LogP contribution in [0.4, 0.5) is 13.2 Å². The maximum absolute atomic E-state index is 11.7. The first-order valence-electron chi connectivity index (χ1n) is 2.50. The zero-order valence-electron chi connectivity index (χ0n) is 4.81. The fourth-order valence-corrected chi connectivity index (χ4v) is 0.488. The number of rotatable bonds is 0. The van der Waals surface area contributed by atoms with E-state index in [0.717, 1.165) is 12.3 Å². The summed E-state index contributed by atoms with van der Waals surface area (Å²) < 4.78 is 35.1. The first-order valence-corrected chi connectivity index (χ1v) is 2.50. The molecule has 0 unspecified atom stereocenters. The summed E-state index contributed by atoms with van der Waals surface area (Å²) in [6, 6.07) is 4.45. The molecular weight excluding hydrogens is 150 g/mol. The molecule has 0 aliphatic heterocycles. The van der Waals surface area contributed by atoms with E-state index >= 15 is 0 Å². The standard InChI is InChI=1S/C6H3F3N.Li.H/c7-6(8,9)5-3-1-2-4-10-5;;/h1,3-4H;;. The van der Waals surface area contributed by atoms with Crippen molar-refractivity contribution in [1.82, 2.24) is 4.98 Å².